The Hall–Kier alpha value is -2.44. The molecule has 3 amide bonds. The van der Waals surface area contributed by atoms with Crippen molar-refractivity contribution in [2.75, 3.05) is 28.4 Å². The highest BCUT2D eigenvalue weighted by atomic mass is 16.5. The number of hydrogen-bond donors (Lipinski definition) is 1. The monoisotopic (exact) mass is 306 g/mol. The molecule has 2 aliphatic rings. The van der Waals surface area contributed by atoms with Gasteiger partial charge in [0.2, 0.25) is 5.75 Å². The molecule has 1 heterocycles. The van der Waals surface area contributed by atoms with Crippen molar-refractivity contribution >= 4 is 11.9 Å². The van der Waals surface area contributed by atoms with Crippen LogP contribution in [0.3, 0.4) is 0 Å². The summed E-state index contributed by atoms with van der Waals surface area (Å²) in [5, 5.41) is 2.78. The zero-order valence-electron chi connectivity index (χ0n) is 12.9. The van der Waals surface area contributed by atoms with Gasteiger partial charge >= 0.3 is 6.03 Å². The van der Waals surface area contributed by atoms with Crippen molar-refractivity contribution in [2.45, 2.75) is 17.9 Å². The van der Waals surface area contributed by atoms with E-state index in [2.05, 4.69) is 5.32 Å². The van der Waals surface area contributed by atoms with E-state index >= 15 is 0 Å². The zero-order valence-corrected chi connectivity index (χ0v) is 12.9. The van der Waals surface area contributed by atoms with Crippen LogP contribution in [0.15, 0.2) is 12.1 Å². The molecule has 22 heavy (non-hydrogen) atoms. The van der Waals surface area contributed by atoms with Crippen LogP contribution in [0.25, 0.3) is 0 Å². The van der Waals surface area contributed by atoms with Crippen LogP contribution in [0, 0.1) is 0 Å². The summed E-state index contributed by atoms with van der Waals surface area (Å²) in [7, 11) is 6.10. The predicted molar refractivity (Wildman–Crippen MR) is 77.5 cm³/mol. The largest absolute Gasteiger partial charge is 0.493 e. The number of urea groups is 1. The summed E-state index contributed by atoms with van der Waals surface area (Å²) >= 11 is 0. The lowest BCUT2D eigenvalue weighted by Crippen LogP contribution is -2.33. The maximum absolute atomic E-state index is 12.3. The molecule has 0 bridgehead atoms. The molecule has 7 nitrogen and oxygen atoms in total. The summed E-state index contributed by atoms with van der Waals surface area (Å²) in [4.78, 5) is 25.1. The molecular formula is C15H18N2O5. The standard InChI is InChI=1S/C15H18N2O5/c1-17-13(18)15(16-14(17)19)7-9(15)8-5-6-10(20-2)12(22-4)11(8)21-3/h5-6,9H,7H2,1-4H3,(H,16,19). The summed E-state index contributed by atoms with van der Waals surface area (Å²) in [6.45, 7) is 0. The number of ether oxygens (including phenoxy) is 3. The van der Waals surface area contributed by atoms with Crippen molar-refractivity contribution in [3.8, 4) is 17.2 Å². The molecule has 1 aliphatic heterocycles. The molecule has 1 aromatic carbocycles. The van der Waals surface area contributed by atoms with Crippen molar-refractivity contribution in [3.05, 3.63) is 17.7 Å². The van der Waals surface area contributed by atoms with Crippen LogP contribution < -0.4 is 19.5 Å². The Labute approximate surface area is 128 Å². The minimum Gasteiger partial charge on any atom is -0.493 e. The number of carbonyl (C=O) groups is 2. The number of amides is 3. The van der Waals surface area contributed by atoms with Crippen LogP contribution in [0.4, 0.5) is 4.79 Å². The first-order valence-corrected chi connectivity index (χ1v) is 6.89. The number of rotatable bonds is 4. The molecule has 1 aromatic rings. The van der Waals surface area contributed by atoms with E-state index in [0.717, 1.165) is 10.5 Å². The molecular weight excluding hydrogens is 288 g/mol. The highest BCUT2D eigenvalue weighted by molar-refractivity contribution is 6.09. The van der Waals surface area contributed by atoms with E-state index in [1.54, 1.807) is 13.2 Å². The van der Waals surface area contributed by atoms with Gasteiger partial charge in [-0.15, -0.1) is 0 Å². The van der Waals surface area contributed by atoms with Gasteiger partial charge in [0.25, 0.3) is 5.91 Å². The zero-order chi connectivity index (χ0) is 16.1. The Morgan fingerprint density at radius 1 is 1.14 bits per heavy atom. The van der Waals surface area contributed by atoms with E-state index in [9.17, 15) is 9.59 Å². The topological polar surface area (TPSA) is 77.1 Å². The Balaban J connectivity index is 2.01. The summed E-state index contributed by atoms with van der Waals surface area (Å²) in [6.07, 6.45) is 0.549. The Morgan fingerprint density at radius 2 is 1.82 bits per heavy atom. The lowest BCUT2D eigenvalue weighted by Gasteiger charge is -2.16. The van der Waals surface area contributed by atoms with Crippen LogP contribution >= 0.6 is 0 Å². The molecule has 2 fully saturated rings. The molecule has 2 atom stereocenters. The second-order valence-corrected chi connectivity index (χ2v) is 5.45. The van der Waals surface area contributed by atoms with Crippen molar-refractivity contribution in [1.29, 1.82) is 0 Å². The lowest BCUT2D eigenvalue weighted by molar-refractivity contribution is -0.127. The summed E-state index contributed by atoms with van der Waals surface area (Å²) < 4.78 is 16.1. The number of nitrogens with zero attached hydrogens (tertiary/aromatic N) is 1. The fourth-order valence-electron chi connectivity index (χ4n) is 3.13. The highest BCUT2D eigenvalue weighted by Gasteiger charge is 2.67. The molecule has 1 saturated heterocycles. The summed E-state index contributed by atoms with van der Waals surface area (Å²) in [5.74, 6) is 1.22. The normalized spacial score (nSPS) is 26.2. The van der Waals surface area contributed by atoms with Gasteiger partial charge in [-0.25, -0.2) is 4.79 Å². The summed E-state index contributed by atoms with van der Waals surface area (Å²) in [6, 6.07) is 3.25. The molecule has 1 saturated carbocycles. The summed E-state index contributed by atoms with van der Waals surface area (Å²) in [5.41, 5.74) is -0.0253. The minimum atomic E-state index is -0.848. The van der Waals surface area contributed by atoms with Crippen LogP contribution in [0.5, 0.6) is 17.2 Å². The van der Waals surface area contributed by atoms with Crippen LogP contribution in [-0.2, 0) is 4.79 Å². The lowest BCUT2D eigenvalue weighted by atomic mass is 10.0. The van der Waals surface area contributed by atoms with E-state index in [-0.39, 0.29) is 17.9 Å². The Bertz CT molecular complexity index is 660. The fourth-order valence-corrected chi connectivity index (χ4v) is 3.13. The minimum absolute atomic E-state index is 0.136. The first kappa shape index (κ1) is 14.5. The van der Waals surface area contributed by atoms with E-state index in [1.165, 1.54) is 21.3 Å². The quantitative estimate of drug-likeness (QED) is 0.844. The number of hydrogen-bond acceptors (Lipinski definition) is 5. The second-order valence-electron chi connectivity index (χ2n) is 5.45. The van der Waals surface area contributed by atoms with Gasteiger partial charge in [0, 0.05) is 18.5 Å². The Morgan fingerprint density at radius 3 is 2.32 bits per heavy atom. The molecule has 1 N–H and O–H groups in total. The Kier molecular flexibility index (Phi) is 3.16. The number of methoxy groups -OCH3 is 3. The van der Waals surface area contributed by atoms with Gasteiger partial charge in [0.1, 0.15) is 5.54 Å². The van der Waals surface area contributed by atoms with Gasteiger partial charge < -0.3 is 19.5 Å². The van der Waals surface area contributed by atoms with Crippen molar-refractivity contribution < 1.29 is 23.8 Å². The third-order valence-corrected chi connectivity index (χ3v) is 4.39. The molecule has 1 spiro atoms. The van der Waals surface area contributed by atoms with Crippen molar-refractivity contribution in [1.82, 2.24) is 10.2 Å². The van der Waals surface area contributed by atoms with E-state index in [0.29, 0.717) is 23.7 Å². The SMILES string of the molecule is COc1ccc(C2CC23NC(=O)N(C)C3=O)c(OC)c1OC. The number of benzene rings is 1. The van der Waals surface area contributed by atoms with E-state index < -0.39 is 5.54 Å². The molecule has 0 radical (unpaired) electrons. The third-order valence-electron chi connectivity index (χ3n) is 4.39. The average Bonchev–Trinajstić information content (AvgIpc) is 3.21. The van der Waals surface area contributed by atoms with Crippen LogP contribution in [-0.4, -0.2) is 50.8 Å². The van der Waals surface area contributed by atoms with Crippen LogP contribution in [0.2, 0.25) is 0 Å². The molecule has 118 valence electrons. The average molecular weight is 306 g/mol. The first-order chi connectivity index (χ1) is 10.5. The predicted octanol–water partition coefficient (Wildman–Crippen LogP) is 1.12. The number of likely N-dealkylation sites (N-methyl/N-ethyl adjacent to an activating group) is 1. The van der Waals surface area contributed by atoms with Gasteiger partial charge in [-0.2, -0.15) is 0 Å². The molecule has 1 aliphatic carbocycles. The number of imide groups is 1. The number of carbonyl (C=O) groups excluding carboxylic acids is 2. The maximum atomic E-state index is 12.3. The third kappa shape index (κ3) is 1.74. The van der Waals surface area contributed by atoms with Gasteiger partial charge in [-0.05, 0) is 12.5 Å². The molecule has 7 heteroatoms. The van der Waals surface area contributed by atoms with Crippen molar-refractivity contribution in [3.63, 3.8) is 0 Å². The van der Waals surface area contributed by atoms with E-state index in [1.807, 2.05) is 6.07 Å². The second kappa shape index (κ2) is 4.79. The van der Waals surface area contributed by atoms with Gasteiger partial charge in [-0.3, -0.25) is 9.69 Å². The van der Waals surface area contributed by atoms with Gasteiger partial charge in [0.05, 0.1) is 21.3 Å². The molecule has 3 rings (SSSR count). The van der Waals surface area contributed by atoms with Crippen LogP contribution in [0.1, 0.15) is 17.9 Å². The highest BCUT2D eigenvalue weighted by Crippen LogP contribution is 2.58. The number of nitrogens with one attached hydrogen (secondary N) is 1. The molecule has 0 aromatic heterocycles. The molecule has 2 unspecified atom stereocenters. The first-order valence-electron chi connectivity index (χ1n) is 6.89. The van der Waals surface area contributed by atoms with Gasteiger partial charge in [-0.1, -0.05) is 6.07 Å². The van der Waals surface area contributed by atoms with E-state index in [4.69, 9.17) is 14.2 Å². The maximum Gasteiger partial charge on any atom is 0.324 e. The van der Waals surface area contributed by atoms with Gasteiger partial charge in [0.15, 0.2) is 11.5 Å². The fraction of sp³-hybridized carbons (Fsp3) is 0.467. The van der Waals surface area contributed by atoms with Crippen molar-refractivity contribution in [2.24, 2.45) is 0 Å². The smallest absolute Gasteiger partial charge is 0.324 e.